The maximum absolute atomic E-state index is 5.38. The molecule has 0 aliphatic rings. The Morgan fingerprint density at radius 2 is 0.684 bits per heavy atom. The van der Waals surface area contributed by atoms with Crippen molar-refractivity contribution in [2.24, 2.45) is 0 Å². The number of aromatic nitrogens is 7. The second-order valence-electron chi connectivity index (χ2n) is 14.0. The molecule has 0 N–H and O–H groups in total. The Morgan fingerprint density at radius 3 is 1.19 bits per heavy atom. The topological polar surface area (TPSA) is 82.3 Å². The van der Waals surface area contributed by atoms with Gasteiger partial charge in [-0.05, 0) is 35.0 Å². The molecule has 57 heavy (non-hydrogen) atoms. The third-order valence-corrected chi connectivity index (χ3v) is 10.4. The van der Waals surface area contributed by atoms with Gasteiger partial charge in [0.25, 0.3) is 0 Å². The standard InChI is InChI=1S/C50H31N7/c1-5-15-32(16-6-1)38-29-40(53-48(51-38)36-19-9-3-10-20-36)41-31-45(57-43-25-13-23-34-27-28-35-24-14-26-44(57)47(35)46(34)43)56-50(54-41)42-30-39(33-17-7-2-8-18-33)52-49(55-42)37-21-11-4-12-22-37/h1-31H. The summed E-state index contributed by atoms with van der Waals surface area (Å²) in [7, 11) is 0. The Labute approximate surface area is 328 Å². The van der Waals surface area contributed by atoms with Crippen LogP contribution in [0.5, 0.6) is 0 Å². The van der Waals surface area contributed by atoms with Crippen LogP contribution < -0.4 is 0 Å². The van der Waals surface area contributed by atoms with Gasteiger partial charge in [0, 0.05) is 39.1 Å². The molecule has 7 heteroatoms. The molecule has 7 nitrogen and oxygen atoms in total. The lowest BCUT2D eigenvalue weighted by atomic mass is 10.0. The van der Waals surface area contributed by atoms with E-state index >= 15 is 0 Å². The van der Waals surface area contributed by atoms with Gasteiger partial charge in [-0.15, -0.1) is 0 Å². The van der Waals surface area contributed by atoms with Gasteiger partial charge < -0.3 is 0 Å². The zero-order chi connectivity index (χ0) is 37.7. The summed E-state index contributed by atoms with van der Waals surface area (Å²) in [6.07, 6.45) is 0. The van der Waals surface area contributed by atoms with Crippen LogP contribution in [0.15, 0.2) is 188 Å². The van der Waals surface area contributed by atoms with E-state index in [1.165, 1.54) is 21.5 Å². The van der Waals surface area contributed by atoms with Gasteiger partial charge in [-0.1, -0.05) is 158 Å². The predicted molar refractivity (Wildman–Crippen MR) is 229 cm³/mol. The molecule has 266 valence electrons. The van der Waals surface area contributed by atoms with Gasteiger partial charge in [0.1, 0.15) is 11.5 Å². The van der Waals surface area contributed by atoms with Crippen LogP contribution in [-0.4, -0.2) is 34.5 Å². The van der Waals surface area contributed by atoms with Crippen molar-refractivity contribution >= 4 is 32.6 Å². The van der Waals surface area contributed by atoms with E-state index in [2.05, 4.69) is 77.4 Å². The van der Waals surface area contributed by atoms with Crippen molar-refractivity contribution in [3.8, 4) is 74.0 Å². The molecule has 0 spiro atoms. The highest BCUT2D eigenvalue weighted by Gasteiger charge is 2.22. The number of benzene rings is 7. The van der Waals surface area contributed by atoms with Crippen LogP contribution in [-0.2, 0) is 0 Å². The summed E-state index contributed by atoms with van der Waals surface area (Å²) >= 11 is 0. The monoisotopic (exact) mass is 729 g/mol. The molecule has 0 aliphatic carbocycles. The van der Waals surface area contributed by atoms with E-state index in [4.69, 9.17) is 29.9 Å². The average molecular weight is 730 g/mol. The van der Waals surface area contributed by atoms with Gasteiger partial charge in [0.05, 0.1) is 33.8 Å². The van der Waals surface area contributed by atoms with Crippen molar-refractivity contribution in [1.82, 2.24) is 34.5 Å². The van der Waals surface area contributed by atoms with E-state index in [1.807, 2.05) is 115 Å². The highest BCUT2D eigenvalue weighted by molar-refractivity contribution is 6.24. The van der Waals surface area contributed by atoms with Crippen LogP contribution in [0.4, 0.5) is 0 Å². The summed E-state index contributed by atoms with van der Waals surface area (Å²) in [6.45, 7) is 0. The summed E-state index contributed by atoms with van der Waals surface area (Å²) < 4.78 is 2.24. The number of nitrogens with zero attached hydrogens (tertiary/aromatic N) is 7. The lowest BCUT2D eigenvalue weighted by Gasteiger charge is -2.14. The lowest BCUT2D eigenvalue weighted by molar-refractivity contribution is 1.03. The fraction of sp³-hybridized carbons (Fsp3) is 0. The van der Waals surface area contributed by atoms with E-state index in [0.717, 1.165) is 44.7 Å². The van der Waals surface area contributed by atoms with E-state index in [0.29, 0.717) is 40.4 Å². The molecule has 0 aliphatic heterocycles. The van der Waals surface area contributed by atoms with Crippen molar-refractivity contribution in [3.05, 3.63) is 188 Å². The molecule has 0 atom stereocenters. The van der Waals surface area contributed by atoms with Crippen LogP contribution in [0.25, 0.3) is 107 Å². The first kappa shape index (κ1) is 32.5. The van der Waals surface area contributed by atoms with E-state index in [9.17, 15) is 0 Å². The molecule has 0 fully saturated rings. The van der Waals surface area contributed by atoms with Crippen LogP contribution in [0, 0.1) is 0 Å². The van der Waals surface area contributed by atoms with Crippen molar-refractivity contribution in [1.29, 1.82) is 0 Å². The van der Waals surface area contributed by atoms with E-state index in [-0.39, 0.29) is 0 Å². The van der Waals surface area contributed by atoms with Gasteiger partial charge in [0.2, 0.25) is 0 Å². The number of hydrogen-bond donors (Lipinski definition) is 0. The molecule has 11 rings (SSSR count). The van der Waals surface area contributed by atoms with Crippen molar-refractivity contribution in [2.75, 3.05) is 0 Å². The fourth-order valence-electron chi connectivity index (χ4n) is 7.75. The first-order valence-electron chi connectivity index (χ1n) is 18.9. The summed E-state index contributed by atoms with van der Waals surface area (Å²) in [5.74, 6) is 2.35. The SMILES string of the molecule is c1ccc(-c2cc(-c3cc(-n4c5cccc6ccc7cccc4c7c65)nc(-c4cc(-c5ccccc5)nc(-c5ccccc5)n4)n3)nc(-c3ccccc3)n2)cc1. The normalized spacial score (nSPS) is 11.5. The Bertz CT molecular complexity index is 2890. The first-order chi connectivity index (χ1) is 28.2. The molecule has 7 aromatic carbocycles. The summed E-state index contributed by atoms with van der Waals surface area (Å²) in [5, 5.41) is 4.76. The minimum Gasteiger partial charge on any atom is -0.294 e. The average Bonchev–Trinajstić information content (AvgIpc) is 3.65. The predicted octanol–water partition coefficient (Wildman–Crippen LogP) is 11.7. The minimum absolute atomic E-state index is 0.454. The zero-order valence-corrected chi connectivity index (χ0v) is 30.5. The van der Waals surface area contributed by atoms with Gasteiger partial charge in [-0.25, -0.2) is 29.9 Å². The molecule has 11 aromatic rings. The van der Waals surface area contributed by atoms with Crippen LogP contribution in [0.1, 0.15) is 0 Å². The molecular formula is C50H31N7. The molecule has 0 amide bonds. The van der Waals surface area contributed by atoms with Gasteiger partial charge in [0.15, 0.2) is 17.5 Å². The Kier molecular flexibility index (Phi) is 7.67. The summed E-state index contributed by atoms with van der Waals surface area (Å²) in [5.41, 5.74) is 9.37. The molecule has 0 bridgehead atoms. The minimum atomic E-state index is 0.454. The Morgan fingerprint density at radius 1 is 0.281 bits per heavy atom. The molecule has 0 saturated heterocycles. The number of hydrogen-bond acceptors (Lipinski definition) is 6. The number of rotatable bonds is 7. The zero-order valence-electron chi connectivity index (χ0n) is 30.5. The first-order valence-corrected chi connectivity index (χ1v) is 18.9. The van der Waals surface area contributed by atoms with Crippen molar-refractivity contribution in [3.63, 3.8) is 0 Å². The molecular weight excluding hydrogens is 699 g/mol. The lowest BCUT2D eigenvalue weighted by Crippen LogP contribution is -2.05. The summed E-state index contributed by atoms with van der Waals surface area (Å²) in [4.78, 5) is 31.2. The van der Waals surface area contributed by atoms with Crippen LogP contribution in [0.2, 0.25) is 0 Å². The van der Waals surface area contributed by atoms with Crippen molar-refractivity contribution in [2.45, 2.75) is 0 Å². The molecule has 0 radical (unpaired) electrons. The largest absolute Gasteiger partial charge is 0.294 e. The maximum Gasteiger partial charge on any atom is 0.181 e. The Balaban J connectivity index is 1.21. The van der Waals surface area contributed by atoms with Gasteiger partial charge in [-0.3, -0.25) is 4.57 Å². The van der Waals surface area contributed by atoms with Gasteiger partial charge in [-0.2, -0.15) is 0 Å². The van der Waals surface area contributed by atoms with Crippen LogP contribution in [0.3, 0.4) is 0 Å². The van der Waals surface area contributed by atoms with E-state index < -0.39 is 0 Å². The quantitative estimate of drug-likeness (QED) is 0.152. The molecule has 4 heterocycles. The van der Waals surface area contributed by atoms with E-state index in [1.54, 1.807) is 0 Å². The second-order valence-corrected chi connectivity index (χ2v) is 14.0. The smallest absolute Gasteiger partial charge is 0.181 e. The third kappa shape index (κ3) is 5.77. The highest BCUT2D eigenvalue weighted by Crippen LogP contribution is 2.39. The van der Waals surface area contributed by atoms with Crippen molar-refractivity contribution < 1.29 is 0 Å². The summed E-state index contributed by atoms with van der Waals surface area (Å²) in [6, 6.07) is 63.8. The van der Waals surface area contributed by atoms with Gasteiger partial charge >= 0.3 is 0 Å². The Hall–Kier alpha value is -7.90. The second kappa shape index (κ2) is 13.4. The molecule has 0 saturated carbocycles. The van der Waals surface area contributed by atoms with Crippen LogP contribution >= 0.6 is 0 Å². The fourth-order valence-corrected chi connectivity index (χ4v) is 7.75. The highest BCUT2D eigenvalue weighted by atomic mass is 15.1. The third-order valence-electron chi connectivity index (χ3n) is 10.4. The molecule has 4 aromatic heterocycles. The maximum atomic E-state index is 5.38. The molecule has 0 unspecified atom stereocenters.